The number of halogens is 1. The van der Waals surface area contributed by atoms with Crippen LogP contribution in [0.4, 0.5) is 0 Å². The largest absolute Gasteiger partial charge is 0.487 e. The minimum atomic E-state index is 0.525. The predicted octanol–water partition coefficient (Wildman–Crippen LogP) is 4.58. The number of aromatic nitrogens is 1. The summed E-state index contributed by atoms with van der Waals surface area (Å²) in [5.74, 6) is 0.814. The molecule has 0 amide bonds. The van der Waals surface area contributed by atoms with Gasteiger partial charge >= 0.3 is 0 Å². The van der Waals surface area contributed by atoms with E-state index in [1.807, 2.05) is 54.6 Å². The molecule has 3 rings (SSSR count). The van der Waals surface area contributed by atoms with Crippen molar-refractivity contribution in [2.45, 2.75) is 6.61 Å². The van der Waals surface area contributed by atoms with Gasteiger partial charge in [0, 0.05) is 21.6 Å². The van der Waals surface area contributed by atoms with E-state index in [0.29, 0.717) is 6.61 Å². The lowest BCUT2D eigenvalue weighted by Crippen LogP contribution is -1.97. The van der Waals surface area contributed by atoms with Gasteiger partial charge in [-0.05, 0) is 18.2 Å². The van der Waals surface area contributed by atoms with Gasteiger partial charge in [-0.1, -0.05) is 52.3 Å². The summed E-state index contributed by atoms with van der Waals surface area (Å²) in [6.45, 7) is 0.525. The second-order valence-corrected chi connectivity index (χ2v) is 5.07. The quantitative estimate of drug-likeness (QED) is 0.706. The Morgan fingerprint density at radius 3 is 2.68 bits per heavy atom. The molecule has 0 spiro atoms. The maximum atomic E-state index is 5.89. The van der Waals surface area contributed by atoms with Crippen molar-refractivity contribution in [1.82, 2.24) is 4.98 Å². The zero-order chi connectivity index (χ0) is 13.1. The van der Waals surface area contributed by atoms with E-state index in [1.54, 1.807) is 6.20 Å². The summed E-state index contributed by atoms with van der Waals surface area (Å²) in [7, 11) is 0. The number of hydrogen-bond acceptors (Lipinski definition) is 2. The first kappa shape index (κ1) is 12.2. The molecule has 0 aliphatic rings. The van der Waals surface area contributed by atoms with Gasteiger partial charge in [0.15, 0.2) is 0 Å². The van der Waals surface area contributed by atoms with E-state index < -0.39 is 0 Å². The molecule has 0 atom stereocenters. The predicted molar refractivity (Wildman–Crippen MR) is 80.2 cm³/mol. The summed E-state index contributed by atoms with van der Waals surface area (Å²) in [4.78, 5) is 4.38. The Kier molecular flexibility index (Phi) is 3.47. The van der Waals surface area contributed by atoms with Gasteiger partial charge in [0.1, 0.15) is 17.9 Å². The second-order valence-electron chi connectivity index (χ2n) is 4.21. The molecule has 94 valence electrons. The first-order valence-corrected chi connectivity index (χ1v) is 6.84. The number of para-hydroxylation sites is 1. The third-order valence-corrected chi connectivity index (χ3v) is 3.71. The van der Waals surface area contributed by atoms with Crippen molar-refractivity contribution in [3.63, 3.8) is 0 Å². The molecule has 1 aromatic heterocycles. The van der Waals surface area contributed by atoms with Crippen molar-refractivity contribution in [1.29, 1.82) is 0 Å². The fourth-order valence-electron chi connectivity index (χ4n) is 1.96. The van der Waals surface area contributed by atoms with Gasteiger partial charge in [0.25, 0.3) is 0 Å². The van der Waals surface area contributed by atoms with Crippen molar-refractivity contribution in [3.05, 3.63) is 70.8 Å². The van der Waals surface area contributed by atoms with Gasteiger partial charge in [0.2, 0.25) is 0 Å². The van der Waals surface area contributed by atoms with Gasteiger partial charge in [-0.2, -0.15) is 0 Å². The van der Waals surface area contributed by atoms with Crippen LogP contribution in [0.15, 0.2) is 65.3 Å². The van der Waals surface area contributed by atoms with Gasteiger partial charge in [-0.25, -0.2) is 0 Å². The molecule has 0 radical (unpaired) electrons. The molecule has 0 saturated carbocycles. The molecule has 2 nitrogen and oxygen atoms in total. The highest BCUT2D eigenvalue weighted by Gasteiger charge is 2.04. The summed E-state index contributed by atoms with van der Waals surface area (Å²) in [6.07, 6.45) is 1.79. The lowest BCUT2D eigenvalue weighted by Gasteiger charge is -2.09. The molecular formula is C16H12BrNO. The van der Waals surface area contributed by atoms with Crippen LogP contribution >= 0.6 is 15.9 Å². The Labute approximate surface area is 120 Å². The van der Waals surface area contributed by atoms with Crippen molar-refractivity contribution >= 4 is 26.8 Å². The average molecular weight is 314 g/mol. The van der Waals surface area contributed by atoms with Crippen molar-refractivity contribution in [3.8, 4) is 5.75 Å². The summed E-state index contributed by atoms with van der Waals surface area (Å²) >= 11 is 3.52. The third kappa shape index (κ3) is 2.61. The number of rotatable bonds is 3. The fraction of sp³-hybridized carbons (Fsp3) is 0.0625. The van der Waals surface area contributed by atoms with Gasteiger partial charge in [0.05, 0.1) is 0 Å². The Balaban J connectivity index is 1.88. The molecule has 1 heterocycles. The number of benzene rings is 2. The normalized spacial score (nSPS) is 10.6. The monoisotopic (exact) mass is 313 g/mol. The Morgan fingerprint density at radius 1 is 0.947 bits per heavy atom. The number of fused-ring (bicyclic) bond motifs is 1. The molecule has 0 fully saturated rings. The van der Waals surface area contributed by atoms with E-state index in [0.717, 1.165) is 26.7 Å². The van der Waals surface area contributed by atoms with E-state index in [4.69, 9.17) is 4.74 Å². The molecular weight excluding hydrogens is 302 g/mol. The molecule has 0 saturated heterocycles. The van der Waals surface area contributed by atoms with Crippen molar-refractivity contribution < 1.29 is 4.74 Å². The highest BCUT2D eigenvalue weighted by atomic mass is 79.9. The summed E-state index contributed by atoms with van der Waals surface area (Å²) in [5, 5.41) is 1.09. The maximum absolute atomic E-state index is 5.89. The SMILES string of the molecule is Brc1ccccc1COc1cccc2cccnc12. The topological polar surface area (TPSA) is 22.1 Å². The Hall–Kier alpha value is -1.87. The molecule has 3 heteroatoms. The van der Waals surface area contributed by atoms with E-state index in [9.17, 15) is 0 Å². The Morgan fingerprint density at radius 2 is 1.79 bits per heavy atom. The number of hydrogen-bond donors (Lipinski definition) is 0. The first-order valence-electron chi connectivity index (χ1n) is 6.04. The molecule has 0 unspecified atom stereocenters. The number of nitrogens with zero attached hydrogens (tertiary/aromatic N) is 1. The maximum Gasteiger partial charge on any atom is 0.146 e. The van der Waals surface area contributed by atoms with Crippen LogP contribution in [0.5, 0.6) is 5.75 Å². The minimum absolute atomic E-state index is 0.525. The van der Waals surface area contributed by atoms with Crippen LogP contribution < -0.4 is 4.74 Å². The number of ether oxygens (including phenoxy) is 1. The smallest absolute Gasteiger partial charge is 0.146 e. The van der Waals surface area contributed by atoms with Crippen LogP contribution in [0.2, 0.25) is 0 Å². The molecule has 0 N–H and O–H groups in total. The molecule has 0 aliphatic heterocycles. The van der Waals surface area contributed by atoms with Crippen LogP contribution in [0.25, 0.3) is 10.9 Å². The van der Waals surface area contributed by atoms with E-state index in [1.165, 1.54) is 0 Å². The highest BCUT2D eigenvalue weighted by Crippen LogP contribution is 2.25. The van der Waals surface area contributed by atoms with Crippen LogP contribution in [0.1, 0.15) is 5.56 Å². The average Bonchev–Trinajstić information content (AvgIpc) is 2.46. The van der Waals surface area contributed by atoms with E-state index >= 15 is 0 Å². The summed E-state index contributed by atoms with van der Waals surface area (Å²) in [5.41, 5.74) is 2.02. The highest BCUT2D eigenvalue weighted by molar-refractivity contribution is 9.10. The standard InChI is InChI=1S/C16H12BrNO/c17-14-8-2-1-5-13(14)11-19-15-9-3-6-12-7-4-10-18-16(12)15/h1-10H,11H2. The van der Waals surface area contributed by atoms with E-state index in [-0.39, 0.29) is 0 Å². The molecule has 0 aliphatic carbocycles. The molecule has 2 aromatic carbocycles. The zero-order valence-corrected chi connectivity index (χ0v) is 11.8. The van der Waals surface area contributed by atoms with Crippen LogP contribution in [0.3, 0.4) is 0 Å². The van der Waals surface area contributed by atoms with Crippen molar-refractivity contribution in [2.75, 3.05) is 0 Å². The van der Waals surface area contributed by atoms with Crippen LogP contribution in [-0.4, -0.2) is 4.98 Å². The summed E-state index contributed by atoms with van der Waals surface area (Å²) < 4.78 is 6.95. The number of pyridine rings is 1. The molecule has 19 heavy (non-hydrogen) atoms. The van der Waals surface area contributed by atoms with E-state index in [2.05, 4.69) is 20.9 Å². The zero-order valence-electron chi connectivity index (χ0n) is 10.2. The Bertz CT molecular complexity index is 706. The fourth-order valence-corrected chi connectivity index (χ4v) is 2.36. The summed E-state index contributed by atoms with van der Waals surface area (Å²) in [6, 6.07) is 18.0. The molecule has 3 aromatic rings. The lowest BCUT2D eigenvalue weighted by atomic mass is 10.2. The first-order chi connectivity index (χ1) is 9.34. The van der Waals surface area contributed by atoms with Crippen molar-refractivity contribution in [2.24, 2.45) is 0 Å². The minimum Gasteiger partial charge on any atom is -0.487 e. The lowest BCUT2D eigenvalue weighted by molar-refractivity contribution is 0.308. The van der Waals surface area contributed by atoms with Gasteiger partial charge in [-0.15, -0.1) is 0 Å². The van der Waals surface area contributed by atoms with Crippen LogP contribution in [-0.2, 0) is 6.61 Å². The van der Waals surface area contributed by atoms with Crippen LogP contribution in [0, 0.1) is 0 Å². The van der Waals surface area contributed by atoms with Gasteiger partial charge in [-0.3, -0.25) is 4.98 Å². The molecule has 0 bridgehead atoms. The third-order valence-electron chi connectivity index (χ3n) is 2.94. The van der Waals surface area contributed by atoms with Gasteiger partial charge < -0.3 is 4.74 Å². The second kappa shape index (κ2) is 5.41.